The lowest BCUT2D eigenvalue weighted by atomic mass is 10.0. The number of amidine groups is 1. The number of pyridine rings is 1. The van der Waals surface area contributed by atoms with Gasteiger partial charge in [0.05, 0.1) is 5.70 Å². The first-order valence-corrected chi connectivity index (χ1v) is 15.7. The number of hydrazone groups is 1. The van der Waals surface area contributed by atoms with Crippen LogP contribution in [0.1, 0.15) is 82.7 Å². The van der Waals surface area contributed by atoms with Gasteiger partial charge in [-0.25, -0.2) is 15.0 Å². The molecule has 0 aliphatic carbocycles. The van der Waals surface area contributed by atoms with Crippen LogP contribution in [0.4, 0.5) is 11.5 Å². The van der Waals surface area contributed by atoms with Crippen molar-refractivity contribution in [1.82, 2.24) is 9.99 Å². The van der Waals surface area contributed by atoms with E-state index in [4.69, 9.17) is 14.7 Å². The standard InChI is InChI=1S/C36H48N6O/c1-8-12-19-37-35(34-28(7)22-29-15-14-26(5)25-41(20-13-9-2)36(29)40-34)39-30-16-17-33(27(6)23-30)43-32-18-21-42(38-11-4)31(10-3)24-32/h10-12,16-19,21-24,26H,8-9,13-15,20,25H2,1-7H3,(H,37,39)/b19-12+,31-10?,38-11-. The molecule has 1 aromatic heterocycles. The van der Waals surface area contributed by atoms with E-state index >= 15 is 0 Å². The fourth-order valence-corrected chi connectivity index (χ4v) is 5.35. The maximum Gasteiger partial charge on any atom is 0.156 e. The van der Waals surface area contributed by atoms with Crippen molar-refractivity contribution in [3.63, 3.8) is 0 Å². The number of ether oxygens (including phenoxy) is 1. The molecule has 0 saturated heterocycles. The van der Waals surface area contributed by atoms with Gasteiger partial charge in [0.25, 0.3) is 0 Å². The summed E-state index contributed by atoms with van der Waals surface area (Å²) in [6.45, 7) is 16.9. The van der Waals surface area contributed by atoms with E-state index in [-0.39, 0.29) is 0 Å². The van der Waals surface area contributed by atoms with Gasteiger partial charge in [0.15, 0.2) is 5.84 Å². The number of hydrogen-bond donors (Lipinski definition) is 1. The van der Waals surface area contributed by atoms with Crippen LogP contribution in [-0.2, 0) is 6.42 Å². The van der Waals surface area contributed by atoms with E-state index in [1.807, 2.05) is 61.6 Å². The second-order valence-electron chi connectivity index (χ2n) is 11.4. The number of allylic oxidation sites excluding steroid dienone is 4. The van der Waals surface area contributed by atoms with Gasteiger partial charge in [0, 0.05) is 43.5 Å². The first-order chi connectivity index (χ1) is 20.9. The normalized spacial score (nSPS) is 18.4. The maximum atomic E-state index is 6.28. The minimum atomic E-state index is 0.644. The van der Waals surface area contributed by atoms with E-state index < -0.39 is 0 Å². The summed E-state index contributed by atoms with van der Waals surface area (Å²) in [4.78, 5) is 12.7. The smallest absolute Gasteiger partial charge is 0.156 e. The first-order valence-electron chi connectivity index (χ1n) is 15.7. The summed E-state index contributed by atoms with van der Waals surface area (Å²) in [7, 11) is 0. The molecule has 7 nitrogen and oxygen atoms in total. The van der Waals surface area contributed by atoms with Gasteiger partial charge < -0.3 is 15.0 Å². The lowest BCUT2D eigenvalue weighted by Gasteiger charge is -2.26. The molecule has 2 aliphatic rings. The minimum Gasteiger partial charge on any atom is -0.457 e. The average Bonchev–Trinajstić information content (AvgIpc) is 3.15. The van der Waals surface area contributed by atoms with Crippen molar-refractivity contribution in [2.45, 2.75) is 80.6 Å². The summed E-state index contributed by atoms with van der Waals surface area (Å²) in [5.41, 5.74) is 6.29. The molecule has 1 aromatic carbocycles. The number of aliphatic imine (C=N–C) groups is 1. The SMILES string of the molecule is CC=C1C=C(Oc2ccc(NC(=N/C=C/CC)c3nc4c(cc3C)CCC(C)CN4CCCC)cc2C)C=CN1/N=C\C. The van der Waals surface area contributed by atoms with E-state index in [2.05, 4.69) is 68.1 Å². The van der Waals surface area contributed by atoms with E-state index in [0.717, 1.165) is 83.7 Å². The van der Waals surface area contributed by atoms with Crippen molar-refractivity contribution in [3.8, 4) is 5.75 Å². The van der Waals surface area contributed by atoms with Crippen LogP contribution in [0.5, 0.6) is 5.75 Å². The molecule has 43 heavy (non-hydrogen) atoms. The number of unbranched alkanes of at least 4 members (excludes halogenated alkanes) is 1. The summed E-state index contributed by atoms with van der Waals surface area (Å²) in [6, 6.07) is 8.46. The van der Waals surface area contributed by atoms with E-state index in [1.54, 1.807) is 6.21 Å². The van der Waals surface area contributed by atoms with Crippen LogP contribution in [-0.4, -0.2) is 35.1 Å². The molecule has 4 rings (SSSR count). The zero-order chi connectivity index (χ0) is 30.8. The Bertz CT molecular complexity index is 1450. The highest BCUT2D eigenvalue weighted by Crippen LogP contribution is 2.31. The van der Waals surface area contributed by atoms with Crippen LogP contribution in [0.15, 0.2) is 82.5 Å². The number of rotatable bonds is 10. The molecule has 0 saturated carbocycles. The highest BCUT2D eigenvalue weighted by molar-refractivity contribution is 6.08. The van der Waals surface area contributed by atoms with Crippen LogP contribution in [0.2, 0.25) is 0 Å². The highest BCUT2D eigenvalue weighted by atomic mass is 16.5. The Hall–Kier alpha value is -4.13. The predicted molar refractivity (Wildman–Crippen MR) is 182 cm³/mol. The Balaban J connectivity index is 1.62. The van der Waals surface area contributed by atoms with Crippen LogP contribution in [0.3, 0.4) is 0 Å². The zero-order valence-electron chi connectivity index (χ0n) is 27.0. The van der Waals surface area contributed by atoms with E-state index in [9.17, 15) is 0 Å². The third kappa shape index (κ3) is 8.25. The summed E-state index contributed by atoms with van der Waals surface area (Å²) >= 11 is 0. The lowest BCUT2D eigenvalue weighted by Crippen LogP contribution is -2.30. The number of benzene rings is 1. The van der Waals surface area contributed by atoms with Crippen molar-refractivity contribution < 1.29 is 4.74 Å². The van der Waals surface area contributed by atoms with E-state index in [1.165, 1.54) is 18.4 Å². The number of nitrogens with one attached hydrogen (secondary N) is 1. The van der Waals surface area contributed by atoms with Crippen molar-refractivity contribution in [3.05, 3.63) is 94.8 Å². The Labute approximate surface area is 258 Å². The summed E-state index contributed by atoms with van der Waals surface area (Å²) in [6.07, 6.45) is 19.0. The molecule has 0 amide bonds. The van der Waals surface area contributed by atoms with Gasteiger partial charge in [-0.2, -0.15) is 5.10 Å². The molecule has 1 unspecified atom stereocenters. The van der Waals surface area contributed by atoms with Gasteiger partial charge in [0.1, 0.15) is 23.0 Å². The molecule has 0 spiro atoms. The third-order valence-corrected chi connectivity index (χ3v) is 7.69. The number of aromatic nitrogens is 1. The number of anilines is 2. The Morgan fingerprint density at radius 3 is 2.72 bits per heavy atom. The molecule has 0 radical (unpaired) electrons. The van der Waals surface area contributed by atoms with Gasteiger partial charge in [-0.05, 0) is 100 Å². The van der Waals surface area contributed by atoms with E-state index in [0.29, 0.717) is 5.92 Å². The number of nitrogens with zero attached hydrogens (tertiary/aromatic N) is 5. The molecule has 1 N–H and O–H groups in total. The van der Waals surface area contributed by atoms with Crippen molar-refractivity contribution in [1.29, 1.82) is 0 Å². The zero-order valence-corrected chi connectivity index (χ0v) is 27.0. The number of hydrogen-bond acceptors (Lipinski definition) is 6. The van der Waals surface area contributed by atoms with Gasteiger partial charge in [-0.3, -0.25) is 0 Å². The molecule has 0 fully saturated rings. The Morgan fingerprint density at radius 2 is 2.00 bits per heavy atom. The Morgan fingerprint density at radius 1 is 1.16 bits per heavy atom. The fourth-order valence-electron chi connectivity index (χ4n) is 5.35. The minimum absolute atomic E-state index is 0.644. The van der Waals surface area contributed by atoms with Gasteiger partial charge >= 0.3 is 0 Å². The molecule has 228 valence electrons. The van der Waals surface area contributed by atoms with Crippen LogP contribution < -0.4 is 15.0 Å². The number of aryl methyl sites for hydroxylation is 3. The van der Waals surface area contributed by atoms with Crippen molar-refractivity contribution >= 4 is 23.6 Å². The van der Waals surface area contributed by atoms with Crippen molar-refractivity contribution in [2.24, 2.45) is 16.0 Å². The largest absolute Gasteiger partial charge is 0.457 e. The second-order valence-corrected chi connectivity index (χ2v) is 11.4. The quantitative estimate of drug-likeness (QED) is 0.225. The predicted octanol–water partition coefficient (Wildman–Crippen LogP) is 8.67. The summed E-state index contributed by atoms with van der Waals surface area (Å²) < 4.78 is 6.28. The average molecular weight is 581 g/mol. The van der Waals surface area contributed by atoms with Gasteiger partial charge in [0.2, 0.25) is 0 Å². The third-order valence-electron chi connectivity index (χ3n) is 7.69. The first kappa shape index (κ1) is 31.8. The molecule has 2 aromatic rings. The van der Waals surface area contributed by atoms with Crippen LogP contribution in [0.25, 0.3) is 0 Å². The molecule has 1 atom stereocenters. The summed E-state index contributed by atoms with van der Waals surface area (Å²) in [5.74, 6) is 4.07. The fraction of sp³-hybridized carbons (Fsp3) is 0.417. The Kier molecular flexibility index (Phi) is 11.4. The molecular weight excluding hydrogens is 532 g/mol. The number of fused-ring (bicyclic) bond motifs is 1. The molecule has 3 heterocycles. The second kappa shape index (κ2) is 15.4. The molecular formula is C36H48N6O. The van der Waals surface area contributed by atoms with Gasteiger partial charge in [-0.15, -0.1) is 0 Å². The van der Waals surface area contributed by atoms with Crippen LogP contribution in [0, 0.1) is 19.8 Å². The van der Waals surface area contributed by atoms with Crippen LogP contribution >= 0.6 is 0 Å². The molecule has 0 bridgehead atoms. The van der Waals surface area contributed by atoms with Crippen molar-refractivity contribution in [2.75, 3.05) is 23.3 Å². The lowest BCUT2D eigenvalue weighted by molar-refractivity contribution is 0.420. The highest BCUT2D eigenvalue weighted by Gasteiger charge is 2.23. The topological polar surface area (TPSA) is 65.3 Å². The monoisotopic (exact) mass is 580 g/mol. The molecule has 7 heteroatoms. The maximum absolute atomic E-state index is 6.28. The summed E-state index contributed by atoms with van der Waals surface area (Å²) in [5, 5.41) is 9.78. The molecule has 2 aliphatic heterocycles. The van der Waals surface area contributed by atoms with Gasteiger partial charge in [-0.1, -0.05) is 45.4 Å².